The third kappa shape index (κ3) is 3.19. The van der Waals surface area contributed by atoms with Gasteiger partial charge in [-0.05, 0) is 63.0 Å². The standard InChI is InChI=1S/C23H26N2O/c1-17-10-11-18(2)19(14-17)15-21-20-8-4-5-9-22(20)25(23(21)26)16-24-12-6-3-7-13-24/h4-5,8-11,14-15H,3,6-7,12-13,16H2,1-2H3/b21-15-. The Morgan fingerprint density at radius 2 is 1.77 bits per heavy atom. The van der Waals surface area contributed by atoms with Crippen molar-refractivity contribution in [2.45, 2.75) is 33.1 Å². The van der Waals surface area contributed by atoms with Crippen LogP contribution in [-0.2, 0) is 4.79 Å². The molecule has 1 amide bonds. The molecule has 0 atom stereocenters. The number of anilines is 1. The second-order valence-corrected chi connectivity index (χ2v) is 7.49. The maximum Gasteiger partial charge on any atom is 0.260 e. The second kappa shape index (κ2) is 7.08. The molecule has 0 aliphatic carbocycles. The molecule has 0 bridgehead atoms. The van der Waals surface area contributed by atoms with Crippen molar-refractivity contribution in [3.63, 3.8) is 0 Å². The van der Waals surface area contributed by atoms with Gasteiger partial charge in [0.2, 0.25) is 0 Å². The molecule has 2 aliphatic rings. The molecule has 2 heterocycles. The van der Waals surface area contributed by atoms with Gasteiger partial charge in [0.05, 0.1) is 12.4 Å². The smallest absolute Gasteiger partial charge is 0.260 e. The number of carbonyl (C=O) groups excluding carboxylic acids is 1. The van der Waals surface area contributed by atoms with Gasteiger partial charge in [-0.25, -0.2) is 0 Å². The van der Waals surface area contributed by atoms with Crippen molar-refractivity contribution in [2.75, 3.05) is 24.7 Å². The second-order valence-electron chi connectivity index (χ2n) is 7.49. The van der Waals surface area contributed by atoms with Gasteiger partial charge in [0.15, 0.2) is 0 Å². The summed E-state index contributed by atoms with van der Waals surface area (Å²) < 4.78 is 0. The molecule has 0 aromatic heterocycles. The molecule has 134 valence electrons. The van der Waals surface area contributed by atoms with E-state index in [0.29, 0.717) is 6.67 Å². The zero-order valence-corrected chi connectivity index (χ0v) is 15.7. The molecule has 0 N–H and O–H groups in total. The van der Waals surface area contributed by atoms with Crippen LogP contribution in [0.4, 0.5) is 5.69 Å². The van der Waals surface area contributed by atoms with E-state index in [1.807, 2.05) is 17.0 Å². The SMILES string of the molecule is Cc1ccc(C)c(/C=C2\C(=O)N(CN3CCCCC3)c3ccccc32)c1. The van der Waals surface area contributed by atoms with Gasteiger partial charge in [-0.2, -0.15) is 0 Å². The molecular weight excluding hydrogens is 320 g/mol. The number of benzene rings is 2. The number of hydrogen-bond donors (Lipinski definition) is 0. The van der Waals surface area contributed by atoms with E-state index in [9.17, 15) is 4.79 Å². The summed E-state index contributed by atoms with van der Waals surface area (Å²) >= 11 is 0. The molecule has 26 heavy (non-hydrogen) atoms. The van der Waals surface area contributed by atoms with Gasteiger partial charge in [0.25, 0.3) is 5.91 Å². The third-order valence-corrected chi connectivity index (χ3v) is 5.49. The predicted octanol–water partition coefficient (Wildman–Crippen LogP) is 4.63. The maximum absolute atomic E-state index is 13.3. The summed E-state index contributed by atoms with van der Waals surface area (Å²) in [6.07, 6.45) is 5.84. The zero-order chi connectivity index (χ0) is 18.1. The Hall–Kier alpha value is -2.39. The summed E-state index contributed by atoms with van der Waals surface area (Å²) in [6.45, 7) is 7.06. The molecule has 0 spiro atoms. The number of nitrogens with zero attached hydrogens (tertiary/aromatic N) is 2. The summed E-state index contributed by atoms with van der Waals surface area (Å²) in [5.41, 5.74) is 6.44. The Bertz CT molecular complexity index is 862. The minimum Gasteiger partial charge on any atom is -0.294 e. The number of piperidine rings is 1. The molecule has 1 saturated heterocycles. The topological polar surface area (TPSA) is 23.6 Å². The Labute approximate surface area is 155 Å². The first-order valence-electron chi connectivity index (χ1n) is 9.56. The summed E-state index contributed by atoms with van der Waals surface area (Å²) in [6, 6.07) is 14.6. The van der Waals surface area contributed by atoms with E-state index in [4.69, 9.17) is 0 Å². The van der Waals surface area contributed by atoms with Crippen molar-refractivity contribution < 1.29 is 4.79 Å². The summed E-state index contributed by atoms with van der Waals surface area (Å²) in [5, 5.41) is 0. The summed E-state index contributed by atoms with van der Waals surface area (Å²) in [4.78, 5) is 17.6. The number of hydrogen-bond acceptors (Lipinski definition) is 2. The fraction of sp³-hybridized carbons (Fsp3) is 0.348. The Morgan fingerprint density at radius 1 is 1.00 bits per heavy atom. The van der Waals surface area contributed by atoms with Crippen LogP contribution in [0.5, 0.6) is 0 Å². The van der Waals surface area contributed by atoms with E-state index in [0.717, 1.165) is 35.5 Å². The third-order valence-electron chi connectivity index (χ3n) is 5.49. The lowest BCUT2D eigenvalue weighted by Gasteiger charge is -2.30. The number of aryl methyl sites for hydroxylation is 2. The monoisotopic (exact) mass is 346 g/mol. The number of rotatable bonds is 3. The van der Waals surface area contributed by atoms with Crippen molar-refractivity contribution in [1.29, 1.82) is 0 Å². The van der Waals surface area contributed by atoms with Gasteiger partial charge < -0.3 is 0 Å². The fourth-order valence-electron chi connectivity index (χ4n) is 3.96. The fourth-order valence-corrected chi connectivity index (χ4v) is 3.96. The first-order valence-corrected chi connectivity index (χ1v) is 9.56. The normalized spacial score (nSPS) is 19.2. The van der Waals surface area contributed by atoms with Crippen molar-refractivity contribution in [2.24, 2.45) is 0 Å². The van der Waals surface area contributed by atoms with E-state index in [1.165, 1.54) is 30.4 Å². The quantitative estimate of drug-likeness (QED) is 0.756. The average molecular weight is 346 g/mol. The minimum absolute atomic E-state index is 0.123. The Kier molecular flexibility index (Phi) is 4.64. The summed E-state index contributed by atoms with van der Waals surface area (Å²) in [5.74, 6) is 0.123. The average Bonchev–Trinajstić information content (AvgIpc) is 2.91. The van der Waals surface area contributed by atoms with E-state index in [-0.39, 0.29) is 5.91 Å². The van der Waals surface area contributed by atoms with E-state index >= 15 is 0 Å². The van der Waals surface area contributed by atoms with Gasteiger partial charge in [-0.3, -0.25) is 14.6 Å². The molecule has 3 heteroatoms. The van der Waals surface area contributed by atoms with Crippen molar-refractivity contribution in [3.05, 3.63) is 64.7 Å². The van der Waals surface area contributed by atoms with Crippen molar-refractivity contribution >= 4 is 23.2 Å². The maximum atomic E-state index is 13.3. The highest BCUT2D eigenvalue weighted by Gasteiger charge is 2.33. The Balaban J connectivity index is 1.71. The van der Waals surface area contributed by atoms with Crippen LogP contribution in [0.3, 0.4) is 0 Å². The molecule has 1 fully saturated rings. The van der Waals surface area contributed by atoms with Gasteiger partial charge in [0.1, 0.15) is 0 Å². The number of amides is 1. The first-order chi connectivity index (χ1) is 12.6. The van der Waals surface area contributed by atoms with Crippen molar-refractivity contribution in [1.82, 2.24) is 4.90 Å². The molecule has 2 aliphatic heterocycles. The van der Waals surface area contributed by atoms with Crippen LogP contribution in [0, 0.1) is 13.8 Å². The molecule has 0 unspecified atom stereocenters. The first kappa shape index (κ1) is 17.0. The minimum atomic E-state index is 0.123. The van der Waals surface area contributed by atoms with Crippen LogP contribution in [-0.4, -0.2) is 30.6 Å². The van der Waals surface area contributed by atoms with Crippen LogP contribution >= 0.6 is 0 Å². The van der Waals surface area contributed by atoms with Crippen LogP contribution in [0.1, 0.15) is 41.5 Å². The number of carbonyl (C=O) groups is 1. The number of likely N-dealkylation sites (tertiary alicyclic amines) is 1. The highest BCUT2D eigenvalue weighted by molar-refractivity contribution is 6.35. The zero-order valence-electron chi connectivity index (χ0n) is 15.7. The van der Waals surface area contributed by atoms with Crippen LogP contribution in [0.2, 0.25) is 0 Å². The van der Waals surface area contributed by atoms with Gasteiger partial charge in [0, 0.05) is 11.1 Å². The van der Waals surface area contributed by atoms with Crippen LogP contribution in [0.25, 0.3) is 11.6 Å². The Morgan fingerprint density at radius 3 is 2.58 bits per heavy atom. The molecule has 4 rings (SSSR count). The number of para-hydroxylation sites is 1. The van der Waals surface area contributed by atoms with E-state index in [1.54, 1.807) is 0 Å². The molecular formula is C23H26N2O. The number of fused-ring (bicyclic) bond motifs is 1. The molecule has 0 saturated carbocycles. The molecule has 2 aromatic carbocycles. The summed E-state index contributed by atoms with van der Waals surface area (Å²) in [7, 11) is 0. The molecule has 0 radical (unpaired) electrons. The molecule has 3 nitrogen and oxygen atoms in total. The van der Waals surface area contributed by atoms with Gasteiger partial charge >= 0.3 is 0 Å². The van der Waals surface area contributed by atoms with E-state index < -0.39 is 0 Å². The van der Waals surface area contributed by atoms with E-state index in [2.05, 4.69) is 55.2 Å². The van der Waals surface area contributed by atoms with Gasteiger partial charge in [-0.15, -0.1) is 0 Å². The lowest BCUT2D eigenvalue weighted by atomic mass is 10.00. The highest BCUT2D eigenvalue weighted by Crippen LogP contribution is 2.38. The van der Waals surface area contributed by atoms with Crippen LogP contribution < -0.4 is 4.90 Å². The van der Waals surface area contributed by atoms with Gasteiger partial charge in [-0.1, -0.05) is 48.4 Å². The molecule has 2 aromatic rings. The predicted molar refractivity (Wildman–Crippen MR) is 108 cm³/mol. The highest BCUT2D eigenvalue weighted by atomic mass is 16.2. The lowest BCUT2D eigenvalue weighted by molar-refractivity contribution is -0.113. The van der Waals surface area contributed by atoms with Crippen LogP contribution in [0.15, 0.2) is 42.5 Å². The largest absolute Gasteiger partial charge is 0.294 e. The lowest BCUT2D eigenvalue weighted by Crippen LogP contribution is -2.42. The van der Waals surface area contributed by atoms with Crippen molar-refractivity contribution in [3.8, 4) is 0 Å².